The monoisotopic (exact) mass is 376 g/mol. The second kappa shape index (κ2) is 8.62. The van der Waals surface area contributed by atoms with Crippen molar-refractivity contribution in [1.29, 1.82) is 0 Å². The van der Waals surface area contributed by atoms with Gasteiger partial charge in [0.05, 0.1) is 24.2 Å². The Balaban J connectivity index is 1.84. The predicted molar refractivity (Wildman–Crippen MR) is 96.1 cm³/mol. The zero-order valence-electron chi connectivity index (χ0n) is 14.6. The summed E-state index contributed by atoms with van der Waals surface area (Å²) in [6, 6.07) is 12.8. The maximum Gasteiger partial charge on any atom is 0.307 e. The largest absolute Gasteiger partial charge is 0.497 e. The molecule has 0 amide bonds. The van der Waals surface area contributed by atoms with Crippen molar-refractivity contribution in [3.63, 3.8) is 0 Å². The highest BCUT2D eigenvalue weighted by Gasteiger charge is 2.18. The lowest BCUT2D eigenvalue weighted by atomic mass is 10.1. The number of benzene rings is 2. The molecule has 0 bridgehead atoms. The normalized spacial score (nSPS) is 11.0. The number of hydrogen-bond acceptors (Lipinski definition) is 6. The third-order valence-corrected chi connectivity index (χ3v) is 5.46. The van der Waals surface area contributed by atoms with Crippen LogP contribution in [0.4, 0.5) is 0 Å². The second-order valence-corrected chi connectivity index (χ2v) is 7.80. The van der Waals surface area contributed by atoms with Crippen molar-refractivity contribution >= 4 is 21.6 Å². The van der Waals surface area contributed by atoms with Crippen LogP contribution in [0.25, 0.3) is 0 Å². The van der Waals surface area contributed by atoms with Gasteiger partial charge in [0.25, 0.3) is 0 Å². The van der Waals surface area contributed by atoms with Gasteiger partial charge >= 0.3 is 5.97 Å². The van der Waals surface area contributed by atoms with Crippen LogP contribution in [0.15, 0.2) is 53.4 Å². The number of ketones is 1. The summed E-state index contributed by atoms with van der Waals surface area (Å²) in [4.78, 5) is 23.9. The molecule has 0 saturated carbocycles. The SMILES string of the molecule is COc1ccc(C(=O)COC(=O)CCS(=O)(=O)c2ccc(C)cc2)cc1. The van der Waals surface area contributed by atoms with Crippen LogP contribution in [-0.2, 0) is 19.4 Å². The molecule has 0 unspecified atom stereocenters. The van der Waals surface area contributed by atoms with Gasteiger partial charge in [0.15, 0.2) is 22.2 Å². The number of esters is 1. The Morgan fingerprint density at radius 3 is 2.15 bits per heavy atom. The summed E-state index contributed by atoms with van der Waals surface area (Å²) >= 11 is 0. The quantitative estimate of drug-likeness (QED) is 0.520. The van der Waals surface area contributed by atoms with Gasteiger partial charge < -0.3 is 9.47 Å². The molecule has 0 aliphatic heterocycles. The number of carbonyl (C=O) groups excluding carboxylic acids is 2. The van der Waals surface area contributed by atoms with E-state index in [1.54, 1.807) is 36.4 Å². The molecule has 0 atom stereocenters. The maximum absolute atomic E-state index is 12.2. The molecule has 138 valence electrons. The Labute approximate surface area is 152 Å². The van der Waals surface area contributed by atoms with Crippen molar-refractivity contribution in [1.82, 2.24) is 0 Å². The van der Waals surface area contributed by atoms with Crippen molar-refractivity contribution in [3.8, 4) is 5.75 Å². The lowest BCUT2D eigenvalue weighted by Crippen LogP contribution is -2.17. The first-order chi connectivity index (χ1) is 12.3. The summed E-state index contributed by atoms with van der Waals surface area (Å²) in [5, 5.41) is 0. The zero-order valence-corrected chi connectivity index (χ0v) is 15.4. The highest BCUT2D eigenvalue weighted by Crippen LogP contribution is 2.14. The van der Waals surface area contributed by atoms with Crippen LogP contribution >= 0.6 is 0 Å². The van der Waals surface area contributed by atoms with Gasteiger partial charge in [0.2, 0.25) is 0 Å². The number of ether oxygens (including phenoxy) is 2. The summed E-state index contributed by atoms with van der Waals surface area (Å²) in [5.74, 6) is -0.865. The van der Waals surface area contributed by atoms with Crippen LogP contribution in [-0.4, -0.2) is 39.6 Å². The minimum absolute atomic E-state index is 0.158. The second-order valence-electron chi connectivity index (χ2n) is 5.69. The number of carbonyl (C=O) groups is 2. The average molecular weight is 376 g/mol. The lowest BCUT2D eigenvalue weighted by Gasteiger charge is -2.07. The molecule has 2 rings (SSSR count). The lowest BCUT2D eigenvalue weighted by molar-refractivity contribution is -0.142. The van der Waals surface area contributed by atoms with Gasteiger partial charge in [-0.25, -0.2) is 8.42 Å². The van der Waals surface area contributed by atoms with E-state index in [2.05, 4.69) is 0 Å². The molecule has 7 heteroatoms. The Morgan fingerprint density at radius 1 is 0.962 bits per heavy atom. The predicted octanol–water partition coefficient (Wildman–Crippen LogP) is 2.59. The molecular weight excluding hydrogens is 356 g/mol. The Kier molecular flexibility index (Phi) is 6.52. The third kappa shape index (κ3) is 5.42. The summed E-state index contributed by atoms with van der Waals surface area (Å²) < 4.78 is 34.2. The number of sulfone groups is 1. The third-order valence-electron chi connectivity index (χ3n) is 3.73. The molecule has 0 aliphatic carbocycles. The molecule has 2 aromatic carbocycles. The number of rotatable bonds is 8. The Bertz CT molecular complexity index is 867. The fourth-order valence-corrected chi connectivity index (χ4v) is 3.38. The molecule has 0 N–H and O–H groups in total. The molecule has 0 radical (unpaired) electrons. The van der Waals surface area contributed by atoms with E-state index in [-0.39, 0.29) is 22.9 Å². The molecule has 0 aliphatic rings. The van der Waals surface area contributed by atoms with E-state index < -0.39 is 22.4 Å². The van der Waals surface area contributed by atoms with Crippen LogP contribution in [0, 0.1) is 6.92 Å². The fourth-order valence-electron chi connectivity index (χ4n) is 2.16. The van der Waals surface area contributed by atoms with Crippen molar-refractivity contribution in [3.05, 3.63) is 59.7 Å². The first-order valence-electron chi connectivity index (χ1n) is 7.94. The minimum Gasteiger partial charge on any atom is -0.497 e. The zero-order chi connectivity index (χ0) is 19.2. The first kappa shape index (κ1) is 19.7. The topological polar surface area (TPSA) is 86.7 Å². The number of aryl methyl sites for hydroxylation is 1. The van der Waals surface area contributed by atoms with Gasteiger partial charge in [-0.05, 0) is 43.3 Å². The van der Waals surface area contributed by atoms with Gasteiger partial charge in [0.1, 0.15) is 5.75 Å². The van der Waals surface area contributed by atoms with Crippen molar-refractivity contribution in [2.75, 3.05) is 19.5 Å². The molecule has 0 aromatic heterocycles. The standard InChI is InChI=1S/C19H20O6S/c1-14-3-9-17(10-4-14)26(22,23)12-11-19(21)25-13-18(20)15-5-7-16(24-2)8-6-15/h3-10H,11-13H2,1-2H3. The van der Waals surface area contributed by atoms with Crippen LogP contribution in [0.2, 0.25) is 0 Å². The van der Waals surface area contributed by atoms with Crippen molar-refractivity contribution < 1.29 is 27.5 Å². The summed E-state index contributed by atoms with van der Waals surface area (Å²) in [7, 11) is -2.05. The van der Waals surface area contributed by atoms with Gasteiger partial charge in [-0.1, -0.05) is 17.7 Å². The highest BCUT2D eigenvalue weighted by molar-refractivity contribution is 7.91. The van der Waals surface area contributed by atoms with Crippen LogP contribution in [0.3, 0.4) is 0 Å². The summed E-state index contributed by atoms with van der Waals surface area (Å²) in [6.45, 7) is 1.42. The Morgan fingerprint density at radius 2 is 1.58 bits per heavy atom. The maximum atomic E-state index is 12.2. The molecular formula is C19H20O6S. The van der Waals surface area contributed by atoms with E-state index in [9.17, 15) is 18.0 Å². The van der Waals surface area contributed by atoms with E-state index in [4.69, 9.17) is 9.47 Å². The van der Waals surface area contributed by atoms with E-state index in [1.165, 1.54) is 19.2 Å². The molecule has 6 nitrogen and oxygen atoms in total. The first-order valence-corrected chi connectivity index (χ1v) is 9.59. The van der Waals surface area contributed by atoms with Crippen LogP contribution in [0.5, 0.6) is 5.75 Å². The van der Waals surface area contributed by atoms with E-state index in [0.717, 1.165) is 5.56 Å². The molecule has 0 heterocycles. The van der Waals surface area contributed by atoms with Gasteiger partial charge in [-0.2, -0.15) is 0 Å². The van der Waals surface area contributed by atoms with Gasteiger partial charge in [-0.15, -0.1) is 0 Å². The van der Waals surface area contributed by atoms with Crippen molar-refractivity contribution in [2.24, 2.45) is 0 Å². The van der Waals surface area contributed by atoms with E-state index in [1.807, 2.05) is 6.92 Å². The number of methoxy groups -OCH3 is 1. The van der Waals surface area contributed by atoms with Crippen molar-refractivity contribution in [2.45, 2.75) is 18.2 Å². The fraction of sp³-hybridized carbons (Fsp3) is 0.263. The minimum atomic E-state index is -3.57. The van der Waals surface area contributed by atoms with Gasteiger partial charge in [-0.3, -0.25) is 9.59 Å². The summed E-state index contributed by atoms with van der Waals surface area (Å²) in [5.41, 5.74) is 1.33. The molecule has 0 saturated heterocycles. The van der Waals surface area contributed by atoms with E-state index in [0.29, 0.717) is 11.3 Å². The van der Waals surface area contributed by atoms with Crippen LogP contribution < -0.4 is 4.74 Å². The number of Topliss-reactive ketones (excluding diaryl/α,β-unsaturated/α-hetero) is 1. The average Bonchev–Trinajstić information content (AvgIpc) is 2.65. The molecule has 0 spiro atoms. The highest BCUT2D eigenvalue weighted by atomic mass is 32.2. The van der Waals surface area contributed by atoms with Crippen LogP contribution in [0.1, 0.15) is 22.3 Å². The van der Waals surface area contributed by atoms with E-state index >= 15 is 0 Å². The molecule has 2 aromatic rings. The molecule has 26 heavy (non-hydrogen) atoms. The molecule has 0 fully saturated rings. The van der Waals surface area contributed by atoms with Gasteiger partial charge in [0, 0.05) is 5.56 Å². The summed E-state index contributed by atoms with van der Waals surface area (Å²) in [6.07, 6.45) is -0.313. The number of hydrogen-bond donors (Lipinski definition) is 0. The Hall–Kier alpha value is -2.67. The smallest absolute Gasteiger partial charge is 0.307 e.